The first-order chi connectivity index (χ1) is 7.57. The molecular formula is C11H20F2N2O2. The van der Waals surface area contributed by atoms with Crippen molar-refractivity contribution in [3.8, 4) is 0 Å². The molecule has 6 heteroatoms. The Morgan fingerprint density at radius 2 is 2.00 bits per heavy atom. The van der Waals surface area contributed by atoms with Gasteiger partial charge >= 0.3 is 6.09 Å². The van der Waals surface area contributed by atoms with E-state index in [-0.39, 0.29) is 6.42 Å². The Labute approximate surface area is 99.8 Å². The van der Waals surface area contributed by atoms with E-state index in [2.05, 4.69) is 0 Å². The smallest absolute Gasteiger partial charge is 0.408 e. The highest BCUT2D eigenvalue weighted by Crippen LogP contribution is 2.36. The number of halogens is 2. The van der Waals surface area contributed by atoms with E-state index in [1.165, 1.54) is 0 Å². The summed E-state index contributed by atoms with van der Waals surface area (Å²) in [6.45, 7) is 5.04. The molecule has 0 aliphatic heterocycles. The standard InChI is InChI=1S/C11H20F2N2O2/c1-10(2,3)15(9(16)17)7-5-4-6-11(12,13)8(7)14/h7-8H,4-6,14H2,1-3H3,(H,16,17)/t7-,8+/m0/s1. The van der Waals surface area contributed by atoms with Gasteiger partial charge in [-0.15, -0.1) is 0 Å². The van der Waals surface area contributed by atoms with Crippen LogP contribution in [0.4, 0.5) is 13.6 Å². The molecule has 1 fully saturated rings. The van der Waals surface area contributed by atoms with Gasteiger partial charge in [-0.2, -0.15) is 0 Å². The summed E-state index contributed by atoms with van der Waals surface area (Å²) in [6.07, 6.45) is -0.774. The van der Waals surface area contributed by atoms with Crippen molar-refractivity contribution in [2.45, 2.75) is 63.6 Å². The minimum atomic E-state index is -2.98. The van der Waals surface area contributed by atoms with Gasteiger partial charge in [-0.1, -0.05) is 0 Å². The molecule has 2 atom stereocenters. The fourth-order valence-corrected chi connectivity index (χ4v) is 2.39. The summed E-state index contributed by atoms with van der Waals surface area (Å²) in [5.41, 5.74) is 4.80. The molecule has 0 aromatic rings. The van der Waals surface area contributed by atoms with Gasteiger partial charge in [0.25, 0.3) is 5.92 Å². The van der Waals surface area contributed by atoms with Crippen molar-refractivity contribution in [1.29, 1.82) is 0 Å². The Hall–Kier alpha value is -0.910. The summed E-state index contributed by atoms with van der Waals surface area (Å²) < 4.78 is 27.0. The number of carboxylic acid groups (broad SMARTS) is 1. The zero-order valence-electron chi connectivity index (χ0n) is 10.4. The number of nitrogens with two attached hydrogens (primary N) is 1. The lowest BCUT2D eigenvalue weighted by atomic mass is 9.84. The van der Waals surface area contributed by atoms with Gasteiger partial charge in [-0.25, -0.2) is 13.6 Å². The maximum absolute atomic E-state index is 13.5. The molecule has 3 N–H and O–H groups in total. The lowest BCUT2D eigenvalue weighted by Gasteiger charge is -2.46. The lowest BCUT2D eigenvalue weighted by molar-refractivity contribution is -0.0885. The van der Waals surface area contributed by atoms with Crippen LogP contribution in [0, 0.1) is 0 Å². The lowest BCUT2D eigenvalue weighted by Crippen LogP contribution is -2.63. The summed E-state index contributed by atoms with van der Waals surface area (Å²) in [5, 5.41) is 9.17. The number of hydrogen-bond donors (Lipinski definition) is 2. The van der Waals surface area contributed by atoms with Crippen LogP contribution in [-0.4, -0.2) is 39.6 Å². The molecule has 1 aliphatic rings. The minimum Gasteiger partial charge on any atom is -0.465 e. The molecule has 1 amide bonds. The topological polar surface area (TPSA) is 66.6 Å². The molecule has 1 rings (SSSR count). The average molecular weight is 250 g/mol. The van der Waals surface area contributed by atoms with E-state index in [0.29, 0.717) is 12.8 Å². The van der Waals surface area contributed by atoms with E-state index < -0.39 is 29.6 Å². The van der Waals surface area contributed by atoms with Crippen molar-refractivity contribution >= 4 is 6.09 Å². The number of rotatable bonds is 1. The normalized spacial score (nSPS) is 28.8. The van der Waals surface area contributed by atoms with Gasteiger partial charge in [0.05, 0.1) is 12.1 Å². The average Bonchev–Trinajstić information content (AvgIpc) is 2.09. The summed E-state index contributed by atoms with van der Waals surface area (Å²) >= 11 is 0. The van der Waals surface area contributed by atoms with Crippen LogP contribution in [0.5, 0.6) is 0 Å². The molecule has 0 aromatic heterocycles. The third-order valence-electron chi connectivity index (χ3n) is 3.17. The molecule has 4 nitrogen and oxygen atoms in total. The van der Waals surface area contributed by atoms with E-state index in [0.717, 1.165) is 4.90 Å². The van der Waals surface area contributed by atoms with E-state index in [1.807, 2.05) is 0 Å². The van der Waals surface area contributed by atoms with Gasteiger partial charge in [-0.05, 0) is 33.6 Å². The van der Waals surface area contributed by atoms with E-state index in [9.17, 15) is 18.7 Å². The molecular weight excluding hydrogens is 230 g/mol. The summed E-state index contributed by atoms with van der Waals surface area (Å²) in [4.78, 5) is 12.3. The monoisotopic (exact) mass is 250 g/mol. The van der Waals surface area contributed by atoms with Crippen LogP contribution in [0.25, 0.3) is 0 Å². The van der Waals surface area contributed by atoms with Gasteiger partial charge in [0.1, 0.15) is 0 Å². The number of carbonyl (C=O) groups is 1. The Kier molecular flexibility index (Phi) is 3.66. The Bertz CT molecular complexity index is 302. The fourth-order valence-electron chi connectivity index (χ4n) is 2.39. The highest BCUT2D eigenvalue weighted by atomic mass is 19.3. The van der Waals surface area contributed by atoms with Gasteiger partial charge < -0.3 is 10.8 Å². The maximum Gasteiger partial charge on any atom is 0.408 e. The van der Waals surface area contributed by atoms with Gasteiger partial charge in [0.2, 0.25) is 0 Å². The van der Waals surface area contributed by atoms with E-state index >= 15 is 0 Å². The van der Waals surface area contributed by atoms with Crippen LogP contribution in [0.2, 0.25) is 0 Å². The first-order valence-corrected chi connectivity index (χ1v) is 5.73. The van der Waals surface area contributed by atoms with Crippen molar-refractivity contribution in [3.05, 3.63) is 0 Å². The van der Waals surface area contributed by atoms with Crippen LogP contribution >= 0.6 is 0 Å². The van der Waals surface area contributed by atoms with Crippen molar-refractivity contribution in [2.24, 2.45) is 5.73 Å². The number of nitrogens with zero attached hydrogens (tertiary/aromatic N) is 1. The van der Waals surface area contributed by atoms with Crippen LogP contribution in [0.15, 0.2) is 0 Å². The Morgan fingerprint density at radius 3 is 2.41 bits per heavy atom. The van der Waals surface area contributed by atoms with Gasteiger partial charge in [0.15, 0.2) is 0 Å². The maximum atomic E-state index is 13.5. The molecule has 100 valence electrons. The summed E-state index contributed by atoms with van der Waals surface area (Å²) in [5.74, 6) is -2.98. The Morgan fingerprint density at radius 1 is 1.47 bits per heavy atom. The van der Waals surface area contributed by atoms with E-state index in [4.69, 9.17) is 5.73 Å². The van der Waals surface area contributed by atoms with E-state index in [1.54, 1.807) is 20.8 Å². The van der Waals surface area contributed by atoms with Crippen LogP contribution in [0.3, 0.4) is 0 Å². The number of hydrogen-bond acceptors (Lipinski definition) is 2. The molecule has 0 heterocycles. The Balaban J connectivity index is 2.99. The fraction of sp³-hybridized carbons (Fsp3) is 0.909. The SMILES string of the molecule is CC(C)(C)N(C(=O)O)[C@H]1CCCC(F)(F)[C@@H]1N. The van der Waals surface area contributed by atoms with Crippen molar-refractivity contribution in [3.63, 3.8) is 0 Å². The van der Waals surface area contributed by atoms with Gasteiger partial charge in [-0.3, -0.25) is 4.90 Å². The predicted molar refractivity (Wildman–Crippen MR) is 60.2 cm³/mol. The van der Waals surface area contributed by atoms with Crippen molar-refractivity contribution in [2.75, 3.05) is 0 Å². The van der Waals surface area contributed by atoms with Crippen LogP contribution in [-0.2, 0) is 0 Å². The first kappa shape index (κ1) is 14.2. The molecule has 0 unspecified atom stereocenters. The highest BCUT2D eigenvalue weighted by molar-refractivity contribution is 5.66. The second-order valence-electron chi connectivity index (χ2n) is 5.57. The highest BCUT2D eigenvalue weighted by Gasteiger charge is 2.49. The zero-order chi connectivity index (χ0) is 13.4. The molecule has 17 heavy (non-hydrogen) atoms. The summed E-state index contributed by atoms with van der Waals surface area (Å²) in [6, 6.07) is -2.25. The largest absolute Gasteiger partial charge is 0.465 e. The predicted octanol–water partition coefficient (Wildman–Crippen LogP) is 2.28. The zero-order valence-corrected chi connectivity index (χ0v) is 10.4. The molecule has 0 saturated heterocycles. The quantitative estimate of drug-likeness (QED) is 0.750. The second kappa shape index (κ2) is 4.40. The summed E-state index contributed by atoms with van der Waals surface area (Å²) in [7, 11) is 0. The minimum absolute atomic E-state index is 0.262. The first-order valence-electron chi connectivity index (χ1n) is 5.73. The molecule has 0 radical (unpaired) electrons. The van der Waals surface area contributed by atoms with Crippen molar-refractivity contribution in [1.82, 2.24) is 4.90 Å². The van der Waals surface area contributed by atoms with Crippen LogP contribution in [0.1, 0.15) is 40.0 Å². The number of alkyl halides is 2. The molecule has 1 saturated carbocycles. The number of amides is 1. The van der Waals surface area contributed by atoms with Crippen LogP contribution < -0.4 is 5.73 Å². The molecule has 1 aliphatic carbocycles. The third-order valence-corrected chi connectivity index (χ3v) is 3.17. The van der Waals surface area contributed by atoms with Crippen molar-refractivity contribution < 1.29 is 18.7 Å². The molecule has 0 spiro atoms. The third kappa shape index (κ3) is 2.86. The van der Waals surface area contributed by atoms with Gasteiger partial charge in [0, 0.05) is 12.0 Å². The molecule has 0 aromatic carbocycles. The second-order valence-corrected chi connectivity index (χ2v) is 5.57. The molecule has 0 bridgehead atoms.